The summed E-state index contributed by atoms with van der Waals surface area (Å²) < 4.78 is 6.57. The van der Waals surface area contributed by atoms with E-state index < -0.39 is 6.04 Å². The highest BCUT2D eigenvalue weighted by molar-refractivity contribution is 7.19. The number of hydrogen-bond acceptors (Lipinski definition) is 4. The molecule has 0 spiro atoms. The first-order valence-electron chi connectivity index (χ1n) is 7.77. The van der Waals surface area contributed by atoms with E-state index in [4.69, 9.17) is 10.5 Å². The van der Waals surface area contributed by atoms with Gasteiger partial charge in [0.2, 0.25) is 5.91 Å². The molecule has 1 aliphatic rings. The van der Waals surface area contributed by atoms with Gasteiger partial charge in [0.25, 0.3) is 0 Å². The lowest BCUT2D eigenvalue weighted by atomic mass is 9.91. The molecule has 1 fully saturated rings. The average Bonchev–Trinajstić information content (AvgIpc) is 2.99. The Labute approximate surface area is 146 Å². The Morgan fingerprint density at radius 1 is 1.35 bits per heavy atom. The third-order valence-electron chi connectivity index (χ3n) is 4.31. The van der Waals surface area contributed by atoms with E-state index in [1.54, 1.807) is 11.3 Å². The Morgan fingerprint density at radius 2 is 2.04 bits per heavy atom. The molecular formula is C17H23ClN2O2S. The quantitative estimate of drug-likeness (QED) is 0.885. The summed E-state index contributed by atoms with van der Waals surface area (Å²) in [6.45, 7) is 3.42. The number of hydrogen-bond donors (Lipinski definition) is 2. The van der Waals surface area contributed by atoms with Crippen LogP contribution in [-0.4, -0.2) is 25.2 Å². The van der Waals surface area contributed by atoms with E-state index in [0.29, 0.717) is 13.2 Å². The first-order valence-corrected chi connectivity index (χ1v) is 8.59. The summed E-state index contributed by atoms with van der Waals surface area (Å²) >= 11 is 1.72. The van der Waals surface area contributed by atoms with E-state index in [1.165, 1.54) is 10.1 Å². The number of thiophene rings is 1. The summed E-state index contributed by atoms with van der Waals surface area (Å²) in [5.41, 5.74) is 6.13. The molecule has 4 nitrogen and oxygen atoms in total. The first-order chi connectivity index (χ1) is 10.6. The minimum atomic E-state index is -0.444. The highest BCUT2D eigenvalue weighted by atomic mass is 35.5. The second kappa shape index (κ2) is 8.11. The van der Waals surface area contributed by atoms with Crippen LogP contribution in [0.2, 0.25) is 0 Å². The van der Waals surface area contributed by atoms with Gasteiger partial charge >= 0.3 is 0 Å². The SMILES string of the molecule is CC(NC(=O)C(N)C1CCOCC1)c1cc2ccccc2s1.Cl. The van der Waals surface area contributed by atoms with Crippen LogP contribution in [0.25, 0.3) is 10.1 Å². The molecule has 1 aromatic heterocycles. The van der Waals surface area contributed by atoms with Crippen molar-refractivity contribution in [3.8, 4) is 0 Å². The van der Waals surface area contributed by atoms with E-state index in [-0.39, 0.29) is 30.3 Å². The number of rotatable bonds is 4. The van der Waals surface area contributed by atoms with Crippen molar-refractivity contribution in [3.63, 3.8) is 0 Å². The number of benzene rings is 1. The molecule has 0 aliphatic carbocycles. The lowest BCUT2D eigenvalue weighted by Crippen LogP contribution is -2.47. The topological polar surface area (TPSA) is 64.4 Å². The van der Waals surface area contributed by atoms with Gasteiger partial charge in [-0.1, -0.05) is 18.2 Å². The molecule has 1 saturated heterocycles. The van der Waals surface area contributed by atoms with Crippen molar-refractivity contribution < 1.29 is 9.53 Å². The molecule has 23 heavy (non-hydrogen) atoms. The van der Waals surface area contributed by atoms with Gasteiger partial charge in [0.05, 0.1) is 12.1 Å². The molecule has 1 aliphatic heterocycles. The number of nitrogens with two attached hydrogens (primary N) is 1. The van der Waals surface area contributed by atoms with Gasteiger partial charge in [-0.2, -0.15) is 0 Å². The van der Waals surface area contributed by atoms with Crippen LogP contribution >= 0.6 is 23.7 Å². The van der Waals surface area contributed by atoms with Crippen LogP contribution in [0.5, 0.6) is 0 Å². The van der Waals surface area contributed by atoms with Crippen molar-refractivity contribution in [1.29, 1.82) is 0 Å². The Balaban J connectivity index is 0.00000192. The van der Waals surface area contributed by atoms with Gasteiger partial charge in [0.1, 0.15) is 0 Å². The number of amides is 1. The van der Waals surface area contributed by atoms with Gasteiger partial charge < -0.3 is 15.8 Å². The van der Waals surface area contributed by atoms with Crippen molar-refractivity contribution in [2.75, 3.05) is 13.2 Å². The summed E-state index contributed by atoms with van der Waals surface area (Å²) in [6, 6.07) is 9.95. The van der Waals surface area contributed by atoms with E-state index in [0.717, 1.165) is 17.7 Å². The number of carbonyl (C=O) groups is 1. The molecule has 0 radical (unpaired) electrons. The van der Waals surface area contributed by atoms with Crippen LogP contribution in [0.1, 0.15) is 30.7 Å². The lowest BCUT2D eigenvalue weighted by molar-refractivity contribution is -0.125. The zero-order valence-electron chi connectivity index (χ0n) is 13.2. The third kappa shape index (κ3) is 4.23. The van der Waals surface area contributed by atoms with Gasteiger partial charge in [-0.3, -0.25) is 4.79 Å². The smallest absolute Gasteiger partial charge is 0.237 e. The van der Waals surface area contributed by atoms with Gasteiger partial charge in [-0.05, 0) is 43.2 Å². The molecule has 2 aromatic rings. The fraction of sp³-hybridized carbons (Fsp3) is 0.471. The van der Waals surface area contributed by atoms with Crippen molar-refractivity contribution in [2.45, 2.75) is 31.8 Å². The summed E-state index contributed by atoms with van der Waals surface area (Å²) in [5.74, 6) is 0.167. The minimum absolute atomic E-state index is 0. The molecule has 0 saturated carbocycles. The van der Waals surface area contributed by atoms with E-state index in [1.807, 2.05) is 19.1 Å². The number of fused-ring (bicyclic) bond motifs is 1. The molecule has 2 heterocycles. The number of carbonyl (C=O) groups excluding carboxylic acids is 1. The average molecular weight is 355 g/mol. The maximum absolute atomic E-state index is 12.4. The van der Waals surface area contributed by atoms with Crippen LogP contribution in [-0.2, 0) is 9.53 Å². The highest BCUT2D eigenvalue weighted by Gasteiger charge is 2.27. The summed E-state index contributed by atoms with van der Waals surface area (Å²) in [5, 5.41) is 4.28. The van der Waals surface area contributed by atoms with Crippen LogP contribution < -0.4 is 11.1 Å². The largest absolute Gasteiger partial charge is 0.381 e. The predicted molar refractivity (Wildman–Crippen MR) is 97.1 cm³/mol. The van der Waals surface area contributed by atoms with Crippen LogP contribution in [0, 0.1) is 5.92 Å². The Kier molecular flexibility index (Phi) is 6.41. The fourth-order valence-corrected chi connectivity index (χ4v) is 3.95. The van der Waals surface area contributed by atoms with Crippen molar-refractivity contribution in [2.24, 2.45) is 11.7 Å². The molecule has 1 aromatic carbocycles. The molecule has 2 unspecified atom stereocenters. The maximum Gasteiger partial charge on any atom is 0.237 e. The monoisotopic (exact) mass is 354 g/mol. The number of nitrogens with one attached hydrogen (secondary N) is 1. The van der Waals surface area contributed by atoms with Crippen LogP contribution in [0.3, 0.4) is 0 Å². The number of ether oxygens (including phenoxy) is 1. The zero-order chi connectivity index (χ0) is 15.5. The normalized spacial score (nSPS) is 18.2. The van der Waals surface area contributed by atoms with Crippen LogP contribution in [0.4, 0.5) is 0 Å². The summed E-state index contributed by atoms with van der Waals surface area (Å²) in [6.07, 6.45) is 1.73. The highest BCUT2D eigenvalue weighted by Crippen LogP contribution is 2.29. The van der Waals surface area contributed by atoms with E-state index in [2.05, 4.69) is 23.5 Å². The van der Waals surface area contributed by atoms with Gasteiger partial charge in [0, 0.05) is 22.8 Å². The lowest BCUT2D eigenvalue weighted by Gasteiger charge is -2.27. The molecule has 6 heteroatoms. The summed E-state index contributed by atoms with van der Waals surface area (Å²) in [7, 11) is 0. The zero-order valence-corrected chi connectivity index (χ0v) is 14.8. The Bertz CT molecular complexity index is 622. The van der Waals surface area contributed by atoms with Gasteiger partial charge in [0.15, 0.2) is 0 Å². The van der Waals surface area contributed by atoms with E-state index in [9.17, 15) is 4.79 Å². The third-order valence-corrected chi connectivity index (χ3v) is 5.61. The predicted octanol–water partition coefficient (Wildman–Crippen LogP) is 3.25. The van der Waals surface area contributed by atoms with Crippen molar-refractivity contribution in [3.05, 3.63) is 35.2 Å². The second-order valence-corrected chi connectivity index (χ2v) is 7.01. The molecule has 0 bridgehead atoms. The Hall–Kier alpha value is -1.14. The van der Waals surface area contributed by atoms with Crippen molar-refractivity contribution in [1.82, 2.24) is 5.32 Å². The van der Waals surface area contributed by atoms with Crippen molar-refractivity contribution >= 4 is 39.7 Å². The summed E-state index contributed by atoms with van der Waals surface area (Å²) in [4.78, 5) is 13.5. The van der Waals surface area contributed by atoms with Gasteiger partial charge in [-0.25, -0.2) is 0 Å². The van der Waals surface area contributed by atoms with Gasteiger partial charge in [-0.15, -0.1) is 23.7 Å². The standard InChI is InChI=1S/C17H22N2O2S.ClH/c1-11(15-10-13-4-2-3-5-14(13)22-15)19-17(20)16(18)12-6-8-21-9-7-12;/h2-5,10-12,16H,6-9,18H2,1H3,(H,19,20);1H. The molecule has 126 valence electrons. The second-order valence-electron chi connectivity index (χ2n) is 5.89. The molecule has 3 rings (SSSR count). The van der Waals surface area contributed by atoms with E-state index >= 15 is 0 Å². The Morgan fingerprint density at radius 3 is 2.74 bits per heavy atom. The molecular weight excluding hydrogens is 332 g/mol. The minimum Gasteiger partial charge on any atom is -0.381 e. The molecule has 2 atom stereocenters. The van der Waals surface area contributed by atoms with Crippen LogP contribution in [0.15, 0.2) is 30.3 Å². The number of halogens is 1. The first kappa shape index (κ1) is 18.2. The molecule has 3 N–H and O–H groups in total. The fourth-order valence-electron chi connectivity index (χ4n) is 2.89. The molecule has 1 amide bonds. The maximum atomic E-state index is 12.4.